The Morgan fingerprint density at radius 2 is 1.12 bits per heavy atom. The van der Waals surface area contributed by atoms with Crippen molar-refractivity contribution in [2.45, 2.75) is 237 Å². The summed E-state index contributed by atoms with van der Waals surface area (Å²) in [6, 6.07) is 0. The summed E-state index contributed by atoms with van der Waals surface area (Å²) in [5.74, 6) is -0.407. The summed E-state index contributed by atoms with van der Waals surface area (Å²) in [5.41, 5.74) is 0. The van der Waals surface area contributed by atoms with Crippen LogP contribution in [0.1, 0.15) is 200 Å². The molecule has 0 bridgehead atoms. The maximum absolute atomic E-state index is 12.7. The molecule has 12 nitrogen and oxygen atoms in total. The fourth-order valence-corrected chi connectivity index (χ4v) is 7.74. The van der Waals surface area contributed by atoms with Gasteiger partial charge < -0.3 is 34.3 Å². The molecule has 0 spiro atoms. The fourth-order valence-electron chi connectivity index (χ4n) is 7.23. The molecule has 0 radical (unpaired) electrons. The molecule has 0 aromatic rings. The van der Waals surface area contributed by atoms with Gasteiger partial charge in [-0.2, -0.15) is 8.42 Å². The van der Waals surface area contributed by atoms with Gasteiger partial charge in [-0.1, -0.05) is 173 Å². The third-order valence-electron chi connectivity index (χ3n) is 10.8. The van der Waals surface area contributed by atoms with E-state index in [4.69, 9.17) is 23.5 Å². The summed E-state index contributed by atoms with van der Waals surface area (Å²) < 4.78 is 58.8. The van der Waals surface area contributed by atoms with Gasteiger partial charge in [0.15, 0.2) is 6.29 Å². The van der Waals surface area contributed by atoms with Crippen molar-refractivity contribution in [3.63, 3.8) is 0 Å². The number of unbranched alkanes of at least 4 members (excludes halogenated alkanes) is 24. The summed E-state index contributed by atoms with van der Waals surface area (Å²) in [4.78, 5) is 12.7. The van der Waals surface area contributed by atoms with Crippen molar-refractivity contribution in [1.29, 1.82) is 0 Å². The number of hydrogen-bond acceptors (Lipinski definition) is 11. The van der Waals surface area contributed by atoms with Gasteiger partial charge in [-0.25, -0.2) is 4.18 Å². The molecule has 1 heterocycles. The second-order valence-corrected chi connectivity index (χ2v) is 17.4. The standard InChI is InChI=1S/C46H86O12S/c1-3-5-7-9-11-12-13-14-15-16-17-18-19-20-21-22-23-24-25-26-27-28-29-30-32-34-36-54-38-40(56-42(48)35-33-31-10-8-6-4-2)39-55-46-44(50)45(58-59(51,52)53)43(49)41(37-47)57-46/h13-14,16-17,40-41,43-47,49-50H,3-12,15,18-39H2,1-2H3,(H,51,52,53)/b14-13-,17-16-. The highest BCUT2D eigenvalue weighted by Crippen LogP contribution is 2.26. The second-order valence-electron chi connectivity index (χ2n) is 16.4. The van der Waals surface area contributed by atoms with Gasteiger partial charge in [0.2, 0.25) is 0 Å². The molecule has 6 unspecified atom stereocenters. The lowest BCUT2D eigenvalue weighted by atomic mass is 9.99. The molecule has 1 saturated heterocycles. The summed E-state index contributed by atoms with van der Waals surface area (Å²) in [7, 11) is -5.05. The molecule has 0 aromatic carbocycles. The van der Waals surface area contributed by atoms with Crippen LogP contribution in [0.5, 0.6) is 0 Å². The first-order chi connectivity index (χ1) is 28.6. The number of rotatable bonds is 41. The molecule has 59 heavy (non-hydrogen) atoms. The average molecular weight is 863 g/mol. The van der Waals surface area contributed by atoms with Gasteiger partial charge in [0.25, 0.3) is 0 Å². The highest BCUT2D eigenvalue weighted by atomic mass is 32.3. The number of carbonyl (C=O) groups is 1. The highest BCUT2D eigenvalue weighted by Gasteiger charge is 2.48. The predicted molar refractivity (Wildman–Crippen MR) is 234 cm³/mol. The summed E-state index contributed by atoms with van der Waals surface area (Å²) in [5, 5.41) is 30.5. The van der Waals surface area contributed by atoms with E-state index in [1.807, 2.05) is 0 Å². The number of hydrogen-bond donors (Lipinski definition) is 4. The van der Waals surface area contributed by atoms with E-state index >= 15 is 0 Å². The predicted octanol–water partition coefficient (Wildman–Crippen LogP) is 10.0. The molecule has 6 atom stereocenters. The topological polar surface area (TPSA) is 178 Å². The summed E-state index contributed by atoms with van der Waals surface area (Å²) in [6.07, 6.45) is 34.1. The van der Waals surface area contributed by atoms with E-state index in [0.29, 0.717) is 13.0 Å². The first-order valence-corrected chi connectivity index (χ1v) is 25.0. The van der Waals surface area contributed by atoms with Gasteiger partial charge in [-0.15, -0.1) is 0 Å². The minimum Gasteiger partial charge on any atom is -0.457 e. The van der Waals surface area contributed by atoms with Crippen molar-refractivity contribution in [3.8, 4) is 0 Å². The van der Waals surface area contributed by atoms with Crippen LogP contribution >= 0.6 is 0 Å². The zero-order chi connectivity index (χ0) is 43.2. The molecule has 0 aliphatic carbocycles. The Morgan fingerprint density at radius 1 is 0.644 bits per heavy atom. The van der Waals surface area contributed by atoms with Crippen LogP contribution in [0.15, 0.2) is 24.3 Å². The van der Waals surface area contributed by atoms with Gasteiger partial charge in [0.05, 0.1) is 19.8 Å². The van der Waals surface area contributed by atoms with Gasteiger partial charge >= 0.3 is 16.4 Å². The smallest absolute Gasteiger partial charge is 0.397 e. The van der Waals surface area contributed by atoms with Crippen LogP contribution in [-0.4, -0.2) is 97.5 Å². The Morgan fingerprint density at radius 3 is 1.61 bits per heavy atom. The number of aliphatic hydroxyl groups is 3. The number of ether oxygens (including phenoxy) is 4. The van der Waals surface area contributed by atoms with Crippen molar-refractivity contribution < 1.29 is 56.2 Å². The van der Waals surface area contributed by atoms with Crippen molar-refractivity contribution in [3.05, 3.63) is 24.3 Å². The van der Waals surface area contributed by atoms with Crippen LogP contribution in [0.2, 0.25) is 0 Å². The van der Waals surface area contributed by atoms with E-state index in [-0.39, 0.29) is 19.6 Å². The van der Waals surface area contributed by atoms with E-state index in [0.717, 1.165) is 57.8 Å². The van der Waals surface area contributed by atoms with Crippen LogP contribution in [0.3, 0.4) is 0 Å². The molecule has 0 aromatic heterocycles. The van der Waals surface area contributed by atoms with Gasteiger partial charge in [0, 0.05) is 13.0 Å². The van der Waals surface area contributed by atoms with Crippen LogP contribution in [-0.2, 0) is 38.3 Å². The van der Waals surface area contributed by atoms with Gasteiger partial charge in [-0.3, -0.25) is 9.35 Å². The van der Waals surface area contributed by atoms with Crippen LogP contribution in [0.25, 0.3) is 0 Å². The van der Waals surface area contributed by atoms with E-state index < -0.39 is 59.8 Å². The van der Waals surface area contributed by atoms with Crippen molar-refractivity contribution in [2.75, 3.05) is 26.4 Å². The maximum atomic E-state index is 12.7. The highest BCUT2D eigenvalue weighted by molar-refractivity contribution is 7.80. The molecule has 1 aliphatic heterocycles. The molecule has 13 heteroatoms. The zero-order valence-corrected chi connectivity index (χ0v) is 37.9. The quantitative estimate of drug-likeness (QED) is 0.0198. The SMILES string of the molecule is CCCCCCC/C=C\C/C=C\CCCCCCCCCCCCCCCCOCC(COC1OC(CO)C(O)C(OS(=O)(=O)O)C1O)OC(=O)CCCCCCCC. The second kappa shape index (κ2) is 38.3. The molecule has 1 rings (SSSR count). The molecule has 1 aliphatic rings. The fraction of sp³-hybridized carbons (Fsp3) is 0.891. The van der Waals surface area contributed by atoms with E-state index in [2.05, 4.69) is 42.3 Å². The maximum Gasteiger partial charge on any atom is 0.397 e. The number of allylic oxidation sites excluding steroid dienone is 4. The first kappa shape index (κ1) is 55.6. The van der Waals surface area contributed by atoms with E-state index in [9.17, 15) is 28.5 Å². The van der Waals surface area contributed by atoms with Crippen molar-refractivity contribution >= 4 is 16.4 Å². The largest absolute Gasteiger partial charge is 0.457 e. The lowest BCUT2D eigenvalue weighted by Gasteiger charge is -2.41. The molecule has 1 fully saturated rings. The van der Waals surface area contributed by atoms with Crippen LogP contribution < -0.4 is 0 Å². The average Bonchev–Trinajstić information content (AvgIpc) is 3.21. The molecular formula is C46H86O12S. The van der Waals surface area contributed by atoms with Crippen molar-refractivity contribution in [2.24, 2.45) is 0 Å². The lowest BCUT2D eigenvalue weighted by Crippen LogP contribution is -2.60. The number of carbonyl (C=O) groups excluding carboxylic acids is 1. The minimum atomic E-state index is -5.05. The Hall–Kier alpha value is -1.42. The number of esters is 1. The Bertz CT molecular complexity index is 1130. The Balaban J connectivity index is 2.21. The van der Waals surface area contributed by atoms with Crippen molar-refractivity contribution in [1.82, 2.24) is 0 Å². The van der Waals surface area contributed by atoms with E-state index in [1.54, 1.807) is 0 Å². The normalized spacial score (nSPS) is 20.5. The van der Waals surface area contributed by atoms with Gasteiger partial charge in [0.1, 0.15) is 30.5 Å². The first-order valence-electron chi connectivity index (χ1n) is 23.6. The summed E-state index contributed by atoms with van der Waals surface area (Å²) in [6.45, 7) is 3.91. The minimum absolute atomic E-state index is 0.0385. The lowest BCUT2D eigenvalue weighted by molar-refractivity contribution is -0.301. The van der Waals surface area contributed by atoms with E-state index in [1.165, 1.54) is 116 Å². The van der Waals surface area contributed by atoms with Crippen LogP contribution in [0, 0.1) is 0 Å². The molecule has 0 amide bonds. The Labute approximate surface area is 359 Å². The third kappa shape index (κ3) is 32.0. The molecule has 0 saturated carbocycles. The molecule has 4 N–H and O–H groups in total. The third-order valence-corrected chi connectivity index (χ3v) is 11.3. The number of aliphatic hydroxyl groups excluding tert-OH is 3. The molecular weight excluding hydrogens is 777 g/mol. The Kier molecular flexibility index (Phi) is 36.1. The zero-order valence-electron chi connectivity index (χ0n) is 37.1. The van der Waals surface area contributed by atoms with Gasteiger partial charge in [-0.05, 0) is 44.9 Å². The molecule has 348 valence electrons. The van der Waals surface area contributed by atoms with Crippen LogP contribution in [0.4, 0.5) is 0 Å². The summed E-state index contributed by atoms with van der Waals surface area (Å²) >= 11 is 0. The monoisotopic (exact) mass is 863 g/mol.